The van der Waals surface area contributed by atoms with Crippen LogP contribution in [-0.4, -0.2) is 57.7 Å². The van der Waals surface area contributed by atoms with Crippen molar-refractivity contribution in [1.82, 2.24) is 25.1 Å². The zero-order chi connectivity index (χ0) is 25.7. The molecular weight excluding hydrogens is 499 g/mol. The molecule has 0 radical (unpaired) electrons. The van der Waals surface area contributed by atoms with E-state index in [4.69, 9.17) is 0 Å². The number of rotatable bonds is 6. The number of carbonyl (C=O) groups is 1. The fourth-order valence-electron chi connectivity index (χ4n) is 4.87. The maximum absolute atomic E-state index is 13.5. The Labute approximate surface area is 204 Å². The first-order valence-corrected chi connectivity index (χ1v) is 13.0. The van der Waals surface area contributed by atoms with Crippen LogP contribution in [0.4, 0.5) is 13.2 Å². The van der Waals surface area contributed by atoms with Gasteiger partial charge in [0.05, 0.1) is 40.8 Å². The van der Waals surface area contributed by atoms with Gasteiger partial charge in [-0.15, -0.1) is 0 Å². The molecule has 190 valence electrons. The molecule has 1 saturated heterocycles. The number of carbonyl (C=O) groups excluding carboxylic acids is 1. The molecule has 0 aromatic carbocycles. The smallest absolute Gasteiger partial charge is 0.387 e. The molecular formula is C23H22F3N5O4S. The number of aromatic nitrogens is 4. The van der Waals surface area contributed by atoms with E-state index in [9.17, 15) is 26.4 Å². The number of ether oxygens (including phenoxy) is 1. The largest absolute Gasteiger partial charge is 0.433 e. The second kappa shape index (κ2) is 8.87. The fourth-order valence-corrected chi connectivity index (χ4v) is 6.87. The molecule has 1 aliphatic carbocycles. The topological polar surface area (TPSA) is 116 Å². The highest BCUT2D eigenvalue weighted by atomic mass is 32.2. The van der Waals surface area contributed by atoms with E-state index in [2.05, 4.69) is 25.1 Å². The van der Waals surface area contributed by atoms with Crippen molar-refractivity contribution in [3.8, 4) is 22.8 Å². The number of pyridine rings is 2. The predicted octanol–water partition coefficient (Wildman–Crippen LogP) is 2.48. The molecule has 1 fully saturated rings. The van der Waals surface area contributed by atoms with Gasteiger partial charge in [0.2, 0.25) is 5.91 Å². The summed E-state index contributed by atoms with van der Waals surface area (Å²) in [6, 6.07) is 4.09. The lowest BCUT2D eigenvalue weighted by atomic mass is 9.84. The summed E-state index contributed by atoms with van der Waals surface area (Å²) in [5.74, 6) is -1.24. The van der Waals surface area contributed by atoms with E-state index in [1.54, 1.807) is 6.92 Å². The van der Waals surface area contributed by atoms with Gasteiger partial charge in [-0.3, -0.25) is 9.78 Å². The van der Waals surface area contributed by atoms with Crippen LogP contribution in [0.15, 0.2) is 36.8 Å². The lowest BCUT2D eigenvalue weighted by Gasteiger charge is -2.39. The Bertz CT molecular complexity index is 1410. The summed E-state index contributed by atoms with van der Waals surface area (Å²) in [6.45, 7) is -1.31. The van der Waals surface area contributed by atoms with Gasteiger partial charge in [-0.2, -0.15) is 13.9 Å². The van der Waals surface area contributed by atoms with E-state index in [-0.39, 0.29) is 29.6 Å². The third kappa shape index (κ3) is 4.79. The maximum Gasteiger partial charge on any atom is 0.387 e. The molecule has 1 aliphatic heterocycles. The molecule has 0 saturated carbocycles. The van der Waals surface area contributed by atoms with Crippen molar-refractivity contribution in [2.75, 3.05) is 11.5 Å². The third-order valence-electron chi connectivity index (χ3n) is 6.29. The van der Waals surface area contributed by atoms with Gasteiger partial charge < -0.3 is 10.1 Å². The van der Waals surface area contributed by atoms with Gasteiger partial charge in [0.15, 0.2) is 15.7 Å². The first-order valence-electron chi connectivity index (χ1n) is 11.2. The lowest BCUT2D eigenvalue weighted by molar-refractivity contribution is -0.126. The van der Waals surface area contributed by atoms with Crippen LogP contribution in [0.5, 0.6) is 5.75 Å². The van der Waals surface area contributed by atoms with Crippen LogP contribution in [0.25, 0.3) is 17.1 Å². The molecule has 9 nitrogen and oxygen atoms in total. The molecule has 1 amide bonds. The number of alkyl halides is 2. The highest BCUT2D eigenvalue weighted by Crippen LogP contribution is 2.36. The summed E-state index contributed by atoms with van der Waals surface area (Å²) in [5, 5.41) is 7.50. The standard InChI is InChI=1S/C23H22F3N5O4S/c1-23(11-36(33,34)12-23)29-21(32)13-2-4-17-18(7-13)31(19-5-3-15(24)9-28-19)30-20(17)14-6-16(10-27-8-14)35-22(25)26/h3,5-6,8-10,13,22H,2,4,7,11-12H2,1H3,(H,29,32)/t13-/m1/s1. The zero-order valence-corrected chi connectivity index (χ0v) is 19.9. The van der Waals surface area contributed by atoms with Crippen LogP contribution in [-0.2, 0) is 27.5 Å². The minimum atomic E-state index is -3.13. The maximum atomic E-state index is 13.5. The Morgan fingerprint density at radius 1 is 1.25 bits per heavy atom. The average Bonchev–Trinajstić information content (AvgIpc) is 3.16. The number of nitrogens with one attached hydrogen (secondary N) is 1. The molecule has 36 heavy (non-hydrogen) atoms. The van der Waals surface area contributed by atoms with Crippen molar-refractivity contribution in [3.05, 3.63) is 53.9 Å². The van der Waals surface area contributed by atoms with Crippen molar-refractivity contribution in [2.45, 2.75) is 38.3 Å². The quantitative estimate of drug-likeness (QED) is 0.530. The van der Waals surface area contributed by atoms with Gasteiger partial charge in [-0.05, 0) is 38.0 Å². The Kier molecular flexibility index (Phi) is 5.97. The van der Waals surface area contributed by atoms with Gasteiger partial charge in [-0.25, -0.2) is 22.5 Å². The highest BCUT2D eigenvalue weighted by molar-refractivity contribution is 7.93. The molecule has 1 atom stereocenters. The molecule has 1 N–H and O–H groups in total. The summed E-state index contributed by atoms with van der Waals surface area (Å²) < 4.78 is 68.2. The van der Waals surface area contributed by atoms with E-state index in [1.165, 1.54) is 35.3 Å². The van der Waals surface area contributed by atoms with E-state index >= 15 is 0 Å². The Morgan fingerprint density at radius 2 is 2.03 bits per heavy atom. The lowest BCUT2D eigenvalue weighted by Crippen LogP contribution is -2.64. The number of fused-ring (bicyclic) bond motifs is 1. The highest BCUT2D eigenvalue weighted by Gasteiger charge is 2.46. The Hall–Kier alpha value is -3.48. The second-order valence-corrected chi connectivity index (χ2v) is 11.4. The number of hydrogen-bond acceptors (Lipinski definition) is 7. The van der Waals surface area contributed by atoms with E-state index in [0.717, 1.165) is 11.8 Å². The molecule has 5 rings (SSSR count). The summed E-state index contributed by atoms with van der Waals surface area (Å²) in [4.78, 5) is 21.1. The number of hydrogen-bond donors (Lipinski definition) is 1. The third-order valence-corrected chi connectivity index (χ3v) is 8.44. The van der Waals surface area contributed by atoms with Crippen molar-refractivity contribution >= 4 is 15.7 Å². The van der Waals surface area contributed by atoms with Crippen LogP contribution >= 0.6 is 0 Å². The van der Waals surface area contributed by atoms with Crippen molar-refractivity contribution in [3.63, 3.8) is 0 Å². The van der Waals surface area contributed by atoms with Crippen molar-refractivity contribution < 1.29 is 31.1 Å². The monoisotopic (exact) mass is 521 g/mol. The van der Waals surface area contributed by atoms with E-state index < -0.39 is 33.7 Å². The van der Waals surface area contributed by atoms with Crippen LogP contribution in [0, 0.1) is 11.7 Å². The van der Waals surface area contributed by atoms with Crippen LogP contribution in [0.2, 0.25) is 0 Å². The average molecular weight is 522 g/mol. The predicted molar refractivity (Wildman–Crippen MR) is 122 cm³/mol. The van der Waals surface area contributed by atoms with Gasteiger partial charge in [-0.1, -0.05) is 0 Å². The minimum absolute atomic E-state index is 0.102. The fraction of sp³-hybridized carbons (Fsp3) is 0.391. The second-order valence-electron chi connectivity index (χ2n) is 9.33. The zero-order valence-electron chi connectivity index (χ0n) is 19.1. The molecule has 4 heterocycles. The SMILES string of the molecule is CC1(NC(=O)[C@@H]2CCc3c(-c4cncc(OC(F)F)c4)nn(-c4ccc(F)cn4)c3C2)CS(=O)(=O)C1. The molecule has 0 unspecified atom stereocenters. The van der Waals surface area contributed by atoms with Gasteiger partial charge in [0, 0.05) is 29.7 Å². The van der Waals surface area contributed by atoms with E-state index in [0.29, 0.717) is 35.6 Å². The van der Waals surface area contributed by atoms with Crippen LogP contribution in [0.3, 0.4) is 0 Å². The molecule has 0 bridgehead atoms. The van der Waals surface area contributed by atoms with Crippen molar-refractivity contribution in [2.24, 2.45) is 5.92 Å². The first kappa shape index (κ1) is 24.2. The minimum Gasteiger partial charge on any atom is -0.433 e. The van der Waals surface area contributed by atoms with Crippen molar-refractivity contribution in [1.29, 1.82) is 0 Å². The molecule has 3 aromatic rings. The number of nitrogens with zero attached hydrogens (tertiary/aromatic N) is 4. The Morgan fingerprint density at radius 3 is 2.69 bits per heavy atom. The van der Waals surface area contributed by atoms with Gasteiger partial charge >= 0.3 is 6.61 Å². The summed E-state index contributed by atoms with van der Waals surface area (Å²) in [7, 11) is -3.13. The summed E-state index contributed by atoms with van der Waals surface area (Å²) in [6.07, 6.45) is 4.88. The number of sulfone groups is 1. The summed E-state index contributed by atoms with van der Waals surface area (Å²) >= 11 is 0. The van der Waals surface area contributed by atoms with Gasteiger partial charge in [0.1, 0.15) is 11.6 Å². The number of amides is 1. The van der Waals surface area contributed by atoms with Gasteiger partial charge in [0.25, 0.3) is 0 Å². The first-order chi connectivity index (χ1) is 17.0. The molecule has 13 heteroatoms. The van der Waals surface area contributed by atoms with E-state index in [1.807, 2.05) is 0 Å². The Balaban J connectivity index is 1.49. The van der Waals surface area contributed by atoms with Crippen LogP contribution < -0.4 is 10.1 Å². The summed E-state index contributed by atoms with van der Waals surface area (Å²) in [5.41, 5.74) is 1.58. The normalized spacial score (nSPS) is 19.9. The molecule has 2 aliphatic rings. The number of halogens is 3. The van der Waals surface area contributed by atoms with Crippen LogP contribution in [0.1, 0.15) is 24.6 Å². The molecule has 3 aromatic heterocycles. The molecule has 0 spiro atoms.